The van der Waals surface area contributed by atoms with Gasteiger partial charge < -0.3 is 5.32 Å². The standard InChI is InChI=1S/C17H17ClN2O3S/c1-12(13-5-3-2-4-6-13)19-17(21)10-20-16-9-15(18)8-7-14(16)11-24(20,22)23/h2-9,12H,10-11H2,1H3,(H,19,21). The molecule has 1 aliphatic heterocycles. The van der Waals surface area contributed by atoms with E-state index in [0.29, 0.717) is 16.3 Å². The summed E-state index contributed by atoms with van der Waals surface area (Å²) in [5.74, 6) is -0.469. The summed E-state index contributed by atoms with van der Waals surface area (Å²) in [5.41, 5.74) is 2.09. The average Bonchev–Trinajstić information content (AvgIpc) is 2.78. The normalized spacial score (nSPS) is 16.5. The minimum Gasteiger partial charge on any atom is -0.348 e. The van der Waals surface area contributed by atoms with Crippen molar-refractivity contribution < 1.29 is 13.2 Å². The summed E-state index contributed by atoms with van der Waals surface area (Å²) in [7, 11) is -3.54. The van der Waals surface area contributed by atoms with Crippen molar-refractivity contribution in [2.24, 2.45) is 0 Å². The quantitative estimate of drug-likeness (QED) is 0.907. The molecule has 0 aromatic heterocycles. The highest BCUT2D eigenvalue weighted by atomic mass is 35.5. The fourth-order valence-electron chi connectivity index (χ4n) is 2.74. The van der Waals surface area contributed by atoms with Crippen molar-refractivity contribution in [1.29, 1.82) is 0 Å². The summed E-state index contributed by atoms with van der Waals surface area (Å²) in [6.07, 6.45) is 0. The highest BCUT2D eigenvalue weighted by Gasteiger charge is 2.34. The first-order valence-corrected chi connectivity index (χ1v) is 9.49. The number of hydrogen-bond acceptors (Lipinski definition) is 3. The molecular formula is C17H17ClN2O3S. The van der Waals surface area contributed by atoms with Crippen molar-refractivity contribution in [2.75, 3.05) is 10.8 Å². The van der Waals surface area contributed by atoms with Crippen molar-refractivity contribution in [1.82, 2.24) is 5.32 Å². The molecule has 0 radical (unpaired) electrons. The summed E-state index contributed by atoms with van der Waals surface area (Å²) < 4.78 is 25.8. The first-order valence-electron chi connectivity index (χ1n) is 7.50. The van der Waals surface area contributed by atoms with Crippen LogP contribution in [0.5, 0.6) is 0 Å². The van der Waals surface area contributed by atoms with Gasteiger partial charge in [-0.05, 0) is 30.2 Å². The van der Waals surface area contributed by atoms with Crippen LogP contribution in [0.25, 0.3) is 0 Å². The second-order valence-electron chi connectivity index (χ2n) is 5.74. The Kier molecular flexibility index (Phi) is 4.51. The molecule has 0 saturated heterocycles. The van der Waals surface area contributed by atoms with E-state index < -0.39 is 10.0 Å². The van der Waals surface area contributed by atoms with Crippen LogP contribution in [0.15, 0.2) is 48.5 Å². The van der Waals surface area contributed by atoms with Crippen LogP contribution in [0.4, 0.5) is 5.69 Å². The molecule has 1 aliphatic rings. The number of benzene rings is 2. The van der Waals surface area contributed by atoms with Crippen LogP contribution < -0.4 is 9.62 Å². The van der Waals surface area contributed by atoms with E-state index in [0.717, 1.165) is 9.87 Å². The number of fused-ring (bicyclic) bond motifs is 1. The molecule has 1 amide bonds. The largest absolute Gasteiger partial charge is 0.348 e. The van der Waals surface area contributed by atoms with Gasteiger partial charge in [-0.2, -0.15) is 0 Å². The minimum atomic E-state index is -3.54. The topological polar surface area (TPSA) is 66.5 Å². The summed E-state index contributed by atoms with van der Waals surface area (Å²) >= 11 is 5.96. The van der Waals surface area contributed by atoms with Gasteiger partial charge in [-0.3, -0.25) is 9.10 Å². The van der Waals surface area contributed by atoms with Crippen LogP contribution >= 0.6 is 11.6 Å². The lowest BCUT2D eigenvalue weighted by Crippen LogP contribution is -2.39. The van der Waals surface area contributed by atoms with Gasteiger partial charge in [-0.15, -0.1) is 0 Å². The Hall–Kier alpha value is -2.05. The van der Waals surface area contributed by atoms with E-state index in [-0.39, 0.29) is 24.2 Å². The lowest BCUT2D eigenvalue weighted by Gasteiger charge is -2.20. The van der Waals surface area contributed by atoms with E-state index >= 15 is 0 Å². The smallest absolute Gasteiger partial charge is 0.241 e. The highest BCUT2D eigenvalue weighted by molar-refractivity contribution is 7.92. The van der Waals surface area contributed by atoms with Crippen LogP contribution in [0.3, 0.4) is 0 Å². The van der Waals surface area contributed by atoms with Crippen LogP contribution in [0.2, 0.25) is 5.02 Å². The molecular weight excluding hydrogens is 348 g/mol. The lowest BCUT2D eigenvalue weighted by molar-refractivity contribution is -0.120. The fourth-order valence-corrected chi connectivity index (χ4v) is 4.48. The van der Waals surface area contributed by atoms with Crippen molar-refractivity contribution in [3.05, 3.63) is 64.7 Å². The molecule has 0 bridgehead atoms. The van der Waals surface area contributed by atoms with E-state index in [4.69, 9.17) is 11.6 Å². The third-order valence-electron chi connectivity index (χ3n) is 3.95. The second-order valence-corrected chi connectivity index (χ2v) is 8.07. The Labute approximate surface area is 146 Å². The number of nitrogens with zero attached hydrogens (tertiary/aromatic N) is 1. The van der Waals surface area contributed by atoms with Gasteiger partial charge >= 0.3 is 0 Å². The third kappa shape index (κ3) is 3.39. The minimum absolute atomic E-state index is 0.110. The monoisotopic (exact) mass is 364 g/mol. The number of carbonyl (C=O) groups is 1. The zero-order valence-electron chi connectivity index (χ0n) is 13.1. The number of sulfonamides is 1. The number of amides is 1. The van der Waals surface area contributed by atoms with Gasteiger partial charge in [0.15, 0.2) is 0 Å². The number of anilines is 1. The number of hydrogen-bond donors (Lipinski definition) is 1. The average molecular weight is 365 g/mol. The van der Waals surface area contributed by atoms with Crippen LogP contribution in [0, 0.1) is 0 Å². The van der Waals surface area contributed by atoms with Gasteiger partial charge in [0, 0.05) is 5.02 Å². The zero-order chi connectivity index (χ0) is 17.3. The number of carbonyl (C=O) groups excluding carboxylic acids is 1. The maximum absolute atomic E-state index is 12.3. The van der Waals surface area contributed by atoms with Crippen molar-refractivity contribution in [2.45, 2.75) is 18.7 Å². The van der Waals surface area contributed by atoms with E-state index in [2.05, 4.69) is 5.32 Å². The van der Waals surface area contributed by atoms with Gasteiger partial charge in [0.05, 0.1) is 17.5 Å². The molecule has 1 N–H and O–H groups in total. The van der Waals surface area contributed by atoms with Crippen LogP contribution in [-0.2, 0) is 20.6 Å². The SMILES string of the molecule is CC(NC(=O)CN1c2cc(Cl)ccc2CS1(=O)=O)c1ccccc1. The van der Waals surface area contributed by atoms with E-state index in [9.17, 15) is 13.2 Å². The van der Waals surface area contributed by atoms with Gasteiger partial charge in [-0.1, -0.05) is 48.0 Å². The van der Waals surface area contributed by atoms with E-state index in [1.54, 1.807) is 18.2 Å². The Bertz CT molecular complexity index is 869. The van der Waals surface area contributed by atoms with Gasteiger partial charge in [0.2, 0.25) is 15.9 Å². The highest BCUT2D eigenvalue weighted by Crippen LogP contribution is 2.35. The Balaban J connectivity index is 1.76. The molecule has 126 valence electrons. The molecule has 0 aliphatic carbocycles. The fraction of sp³-hybridized carbons (Fsp3) is 0.235. The van der Waals surface area contributed by atoms with Crippen LogP contribution in [-0.4, -0.2) is 20.9 Å². The van der Waals surface area contributed by atoms with E-state index in [1.807, 2.05) is 37.3 Å². The molecule has 0 spiro atoms. The van der Waals surface area contributed by atoms with Gasteiger partial charge in [-0.25, -0.2) is 8.42 Å². The van der Waals surface area contributed by atoms with Crippen LogP contribution in [0.1, 0.15) is 24.1 Å². The van der Waals surface area contributed by atoms with E-state index in [1.165, 1.54) is 0 Å². The summed E-state index contributed by atoms with van der Waals surface area (Å²) in [5, 5.41) is 3.27. The lowest BCUT2D eigenvalue weighted by atomic mass is 10.1. The van der Waals surface area contributed by atoms with Gasteiger partial charge in [0.25, 0.3) is 0 Å². The third-order valence-corrected chi connectivity index (χ3v) is 5.86. The van der Waals surface area contributed by atoms with Crippen molar-refractivity contribution in [3.63, 3.8) is 0 Å². The predicted molar refractivity (Wildman–Crippen MR) is 94.4 cm³/mol. The maximum atomic E-state index is 12.3. The number of rotatable bonds is 4. The molecule has 24 heavy (non-hydrogen) atoms. The Morgan fingerprint density at radius 3 is 2.67 bits per heavy atom. The molecule has 0 saturated carbocycles. The number of halogens is 1. The molecule has 1 atom stereocenters. The molecule has 2 aromatic rings. The first kappa shape index (κ1) is 16.8. The summed E-state index contributed by atoms with van der Waals surface area (Å²) in [6, 6.07) is 14.2. The molecule has 5 nitrogen and oxygen atoms in total. The van der Waals surface area contributed by atoms with Crippen molar-refractivity contribution in [3.8, 4) is 0 Å². The molecule has 3 rings (SSSR count). The molecule has 0 fully saturated rings. The summed E-state index contributed by atoms with van der Waals surface area (Å²) in [4.78, 5) is 12.3. The second kappa shape index (κ2) is 6.45. The number of nitrogens with one attached hydrogen (secondary N) is 1. The summed E-state index contributed by atoms with van der Waals surface area (Å²) in [6.45, 7) is 1.60. The molecule has 7 heteroatoms. The Morgan fingerprint density at radius 1 is 1.25 bits per heavy atom. The maximum Gasteiger partial charge on any atom is 0.241 e. The Morgan fingerprint density at radius 2 is 1.96 bits per heavy atom. The predicted octanol–water partition coefficient (Wildman–Crippen LogP) is 2.87. The van der Waals surface area contributed by atoms with Gasteiger partial charge in [0.1, 0.15) is 6.54 Å². The molecule has 1 unspecified atom stereocenters. The first-order chi connectivity index (χ1) is 11.4. The van der Waals surface area contributed by atoms with Crippen molar-refractivity contribution >= 4 is 33.2 Å². The molecule has 2 aromatic carbocycles. The zero-order valence-corrected chi connectivity index (χ0v) is 14.6. The molecule has 1 heterocycles.